The lowest BCUT2D eigenvalue weighted by molar-refractivity contribution is -0.143. The summed E-state index contributed by atoms with van der Waals surface area (Å²) in [5, 5.41) is 9.26. The van der Waals surface area contributed by atoms with E-state index in [0.717, 1.165) is 4.90 Å². The van der Waals surface area contributed by atoms with Crippen LogP contribution in [0.5, 0.6) is 5.75 Å². The van der Waals surface area contributed by atoms with Crippen molar-refractivity contribution in [1.29, 1.82) is 0 Å². The Kier molecular flexibility index (Phi) is 7.54. The highest BCUT2D eigenvalue weighted by molar-refractivity contribution is 6.30. The fraction of sp³-hybridized carbons (Fsp3) is 0.450. The molecule has 182 valence electrons. The van der Waals surface area contributed by atoms with E-state index in [2.05, 4.69) is 9.97 Å². The summed E-state index contributed by atoms with van der Waals surface area (Å²) in [6.45, 7) is 5.64. The highest BCUT2D eigenvalue weighted by atomic mass is 35.5. The van der Waals surface area contributed by atoms with Crippen molar-refractivity contribution >= 4 is 23.5 Å². The molecule has 13 heteroatoms. The molecule has 0 aliphatic heterocycles. The van der Waals surface area contributed by atoms with Crippen molar-refractivity contribution in [2.24, 2.45) is 0 Å². The predicted molar refractivity (Wildman–Crippen MR) is 107 cm³/mol. The Morgan fingerprint density at radius 3 is 2.18 bits per heavy atom. The van der Waals surface area contributed by atoms with E-state index in [1.165, 1.54) is 27.7 Å². The van der Waals surface area contributed by atoms with E-state index >= 15 is 0 Å². The first-order valence-corrected chi connectivity index (χ1v) is 9.79. The Morgan fingerprint density at radius 2 is 1.70 bits per heavy atom. The van der Waals surface area contributed by atoms with Gasteiger partial charge in [-0.2, -0.15) is 26.3 Å². The zero-order chi connectivity index (χ0) is 25.4. The summed E-state index contributed by atoms with van der Waals surface area (Å²) in [6.07, 6.45) is -11.7. The number of ether oxygens (including phenoxy) is 1. The highest BCUT2D eigenvalue weighted by Crippen LogP contribution is 2.41. The Hall–Kier alpha value is -2.60. The van der Waals surface area contributed by atoms with Gasteiger partial charge in [-0.05, 0) is 45.9 Å². The van der Waals surface area contributed by atoms with Gasteiger partial charge < -0.3 is 9.84 Å². The Morgan fingerprint density at radius 1 is 1.09 bits per heavy atom. The van der Waals surface area contributed by atoms with E-state index < -0.39 is 47.5 Å². The zero-order valence-corrected chi connectivity index (χ0v) is 18.7. The Labute approximate surface area is 190 Å². The van der Waals surface area contributed by atoms with E-state index in [1.807, 2.05) is 0 Å². The molecule has 1 N–H and O–H groups in total. The van der Waals surface area contributed by atoms with E-state index in [0.29, 0.717) is 12.1 Å². The maximum atomic E-state index is 13.5. The predicted octanol–water partition coefficient (Wildman–Crippen LogP) is 5.81. The lowest BCUT2D eigenvalue weighted by atomic mass is 10.1. The minimum atomic E-state index is -5.24. The first-order chi connectivity index (χ1) is 15.0. The van der Waals surface area contributed by atoms with Crippen LogP contribution in [0.25, 0.3) is 0 Å². The molecule has 1 aromatic heterocycles. The van der Waals surface area contributed by atoms with E-state index in [-0.39, 0.29) is 34.8 Å². The summed E-state index contributed by atoms with van der Waals surface area (Å²) < 4.78 is 84.1. The largest absolute Gasteiger partial charge is 0.421 e. The van der Waals surface area contributed by atoms with Gasteiger partial charge in [0.25, 0.3) is 0 Å². The maximum absolute atomic E-state index is 13.5. The normalized spacial score (nSPS) is 12.6. The number of anilines is 1. The van der Waals surface area contributed by atoms with Crippen LogP contribution in [0.15, 0.2) is 18.2 Å². The molecule has 0 spiro atoms. The molecule has 0 unspecified atom stereocenters. The van der Waals surface area contributed by atoms with Crippen molar-refractivity contribution in [2.75, 3.05) is 11.5 Å². The molecule has 0 aliphatic carbocycles. The van der Waals surface area contributed by atoms with Gasteiger partial charge >= 0.3 is 18.4 Å². The number of aryl methyl sites for hydroxylation is 1. The molecule has 1 aromatic carbocycles. The number of nitrogens with zero attached hydrogens (tertiary/aromatic N) is 3. The molecule has 0 atom stereocenters. The third kappa shape index (κ3) is 6.26. The third-order valence-corrected chi connectivity index (χ3v) is 4.60. The number of benzene rings is 1. The van der Waals surface area contributed by atoms with Crippen LogP contribution in [0.3, 0.4) is 0 Å². The zero-order valence-electron chi connectivity index (χ0n) is 17.9. The molecule has 6 nitrogen and oxygen atoms in total. The summed E-state index contributed by atoms with van der Waals surface area (Å²) >= 11 is 6.12. The van der Waals surface area contributed by atoms with Crippen LogP contribution in [0.2, 0.25) is 5.15 Å². The van der Waals surface area contributed by atoms with Gasteiger partial charge in [-0.1, -0.05) is 11.6 Å². The molecule has 0 bridgehead atoms. The van der Waals surface area contributed by atoms with Gasteiger partial charge in [-0.15, -0.1) is 0 Å². The molecule has 2 aromatic rings. The van der Waals surface area contributed by atoms with Gasteiger partial charge in [-0.3, -0.25) is 4.90 Å². The number of aliphatic hydroxyl groups is 1. The molecule has 33 heavy (non-hydrogen) atoms. The molecule has 0 aliphatic rings. The van der Waals surface area contributed by atoms with Crippen LogP contribution in [0, 0.1) is 6.92 Å². The van der Waals surface area contributed by atoms with Crippen molar-refractivity contribution in [3.05, 3.63) is 45.9 Å². The number of amides is 1. The fourth-order valence-electron chi connectivity index (χ4n) is 2.89. The molecule has 1 heterocycles. The summed E-state index contributed by atoms with van der Waals surface area (Å²) in [5.41, 5.74) is -4.31. The summed E-state index contributed by atoms with van der Waals surface area (Å²) in [4.78, 5) is 22.0. The molecule has 0 radical (unpaired) electrons. The van der Waals surface area contributed by atoms with Gasteiger partial charge in [0, 0.05) is 24.1 Å². The Balaban J connectivity index is 2.61. The van der Waals surface area contributed by atoms with Crippen LogP contribution < -0.4 is 9.64 Å². The number of carbonyl (C=O) groups excluding carboxylic acids is 1. The molecular formula is C20H20ClF6N3O3. The van der Waals surface area contributed by atoms with E-state index in [1.54, 1.807) is 0 Å². The number of aliphatic hydroxyl groups excluding tert-OH is 1. The number of rotatable bonds is 4. The highest BCUT2D eigenvalue weighted by Gasteiger charge is 2.41. The van der Waals surface area contributed by atoms with Crippen molar-refractivity contribution in [2.45, 2.75) is 52.0 Å². The van der Waals surface area contributed by atoms with Gasteiger partial charge in [0.2, 0.25) is 0 Å². The Bertz CT molecular complexity index is 1040. The molecule has 0 saturated heterocycles. The average Bonchev–Trinajstić information content (AvgIpc) is 2.62. The monoisotopic (exact) mass is 499 g/mol. The van der Waals surface area contributed by atoms with Crippen LogP contribution in [-0.4, -0.2) is 33.3 Å². The summed E-state index contributed by atoms with van der Waals surface area (Å²) in [5.74, 6) is -1.10. The number of hydrogen-bond donors (Lipinski definition) is 1. The molecule has 0 fully saturated rings. The van der Waals surface area contributed by atoms with Crippen LogP contribution >= 0.6 is 11.6 Å². The summed E-state index contributed by atoms with van der Waals surface area (Å²) in [7, 11) is 0. The molecule has 0 saturated carbocycles. The standard InChI is InChI=1S/C20H20ClF6N3O3/c1-10-28-15(21)12(7-8-31)16(29-10)30(18(2,3)4)17(32)33-14-6-5-11(19(22,23)24)9-13(14)20(25,26)27/h5-6,9,31H,7-8H2,1-4H3. The second-order valence-corrected chi connectivity index (χ2v) is 8.28. The van der Waals surface area contributed by atoms with Gasteiger partial charge in [0.1, 0.15) is 22.5 Å². The quantitative estimate of drug-likeness (QED) is 0.424. The lowest BCUT2D eigenvalue weighted by Crippen LogP contribution is -2.48. The van der Waals surface area contributed by atoms with E-state index in [4.69, 9.17) is 16.3 Å². The van der Waals surface area contributed by atoms with Crippen molar-refractivity contribution in [3.8, 4) is 5.75 Å². The molecular weight excluding hydrogens is 480 g/mol. The minimum absolute atomic E-state index is 0.0810. The second-order valence-electron chi connectivity index (χ2n) is 7.92. The van der Waals surface area contributed by atoms with Crippen molar-refractivity contribution in [3.63, 3.8) is 0 Å². The minimum Gasteiger partial charge on any atom is -0.409 e. The number of hydrogen-bond acceptors (Lipinski definition) is 5. The molecule has 2 rings (SSSR count). The number of carbonyl (C=O) groups is 1. The first-order valence-electron chi connectivity index (χ1n) is 9.41. The van der Waals surface area contributed by atoms with Crippen LogP contribution in [-0.2, 0) is 18.8 Å². The topological polar surface area (TPSA) is 75.6 Å². The lowest BCUT2D eigenvalue weighted by Gasteiger charge is -2.35. The van der Waals surface area contributed by atoms with E-state index in [9.17, 15) is 36.2 Å². The van der Waals surface area contributed by atoms with Crippen molar-refractivity contribution in [1.82, 2.24) is 9.97 Å². The van der Waals surface area contributed by atoms with Crippen LogP contribution in [0.1, 0.15) is 43.3 Å². The average molecular weight is 500 g/mol. The van der Waals surface area contributed by atoms with Gasteiger partial charge in [-0.25, -0.2) is 14.8 Å². The smallest absolute Gasteiger partial charge is 0.409 e. The third-order valence-electron chi connectivity index (χ3n) is 4.28. The second kappa shape index (κ2) is 9.34. The van der Waals surface area contributed by atoms with Gasteiger partial charge in [0.15, 0.2) is 0 Å². The number of alkyl halides is 6. The maximum Gasteiger partial charge on any atom is 0.421 e. The molecule has 1 amide bonds. The number of halogens is 7. The SMILES string of the molecule is Cc1nc(Cl)c(CCO)c(N(C(=O)Oc2ccc(C(F)(F)F)cc2C(F)(F)F)C(C)(C)C)n1. The van der Waals surface area contributed by atoms with Gasteiger partial charge in [0.05, 0.1) is 11.1 Å². The number of aromatic nitrogens is 2. The fourth-order valence-corrected chi connectivity index (χ4v) is 3.20. The van der Waals surface area contributed by atoms with Crippen LogP contribution in [0.4, 0.5) is 37.0 Å². The van der Waals surface area contributed by atoms with Crippen molar-refractivity contribution < 1.29 is 41.0 Å². The summed E-state index contributed by atoms with van der Waals surface area (Å²) in [6, 6.07) is 0.673. The first kappa shape index (κ1) is 26.7.